The van der Waals surface area contributed by atoms with E-state index in [9.17, 15) is 52.0 Å². The second kappa shape index (κ2) is 17.2. The summed E-state index contributed by atoms with van der Waals surface area (Å²) in [5.74, 6) is -11.3. The zero-order valence-corrected chi connectivity index (χ0v) is 41.2. The minimum Gasteiger partial charge on any atom is -0.487 e. The van der Waals surface area contributed by atoms with Crippen molar-refractivity contribution in [1.29, 1.82) is 0 Å². The number of hydrogen-bond donors (Lipinski definition) is 0. The maximum Gasteiger partial charge on any atom is 0.634 e. The van der Waals surface area contributed by atoms with E-state index in [-0.39, 0.29) is 73.4 Å². The highest BCUT2D eigenvalue weighted by Gasteiger charge is 2.60. The van der Waals surface area contributed by atoms with Crippen molar-refractivity contribution in [2.75, 3.05) is 41.4 Å². The molecule has 29 heteroatoms. The van der Waals surface area contributed by atoms with Gasteiger partial charge in [-0.25, -0.2) is 55.3 Å². The number of rotatable bonds is 14. The van der Waals surface area contributed by atoms with Crippen molar-refractivity contribution in [3.05, 3.63) is 117 Å². The van der Waals surface area contributed by atoms with Crippen molar-refractivity contribution in [2.24, 2.45) is 30.0 Å². The highest BCUT2D eigenvalue weighted by Crippen LogP contribution is 2.45. The average molecular weight is 1080 g/mol. The normalized spacial score (nSPS) is 18.4. The first-order chi connectivity index (χ1) is 34.2. The first-order valence-electron chi connectivity index (χ1n) is 21.4. The lowest BCUT2D eigenvalue weighted by molar-refractivity contribution is -0.148. The number of halogens is 8. The zero-order valence-electron chi connectivity index (χ0n) is 38.6. The molecule has 18 nitrogen and oxygen atoms in total. The lowest BCUT2D eigenvalue weighted by Crippen LogP contribution is -2.66. The Morgan fingerprint density at radius 3 is 1.53 bits per heavy atom. The fourth-order valence-corrected chi connectivity index (χ4v) is 15.0. The Bertz CT molecular complexity index is 3840. The number of fused-ring (bicyclic) bond motifs is 14. The molecule has 0 amide bonds. The van der Waals surface area contributed by atoms with E-state index in [0.717, 1.165) is 60.4 Å². The van der Waals surface area contributed by atoms with Gasteiger partial charge in [0.2, 0.25) is 0 Å². The number of benzene rings is 4. The lowest BCUT2D eigenvalue weighted by atomic mass is 10.1. The largest absolute Gasteiger partial charge is 0.634 e. The van der Waals surface area contributed by atoms with Crippen LogP contribution in [0.2, 0.25) is 0 Å². The van der Waals surface area contributed by atoms with Crippen LogP contribution in [-0.2, 0) is 28.4 Å². The number of hydrogen-bond acceptors (Lipinski definition) is 14. The Kier molecular flexibility index (Phi) is 11.7. The summed E-state index contributed by atoms with van der Waals surface area (Å²) in [5, 5.41) is 0.0572. The fourth-order valence-electron chi connectivity index (χ4n) is 8.08. The Morgan fingerprint density at radius 1 is 0.521 bits per heavy atom. The van der Waals surface area contributed by atoms with Crippen LogP contribution < -0.4 is 20.4 Å². The van der Waals surface area contributed by atoms with Crippen LogP contribution in [0.25, 0.3) is 21.5 Å². The number of aryl methyl sites for hydroxylation is 2. The van der Waals surface area contributed by atoms with Crippen LogP contribution >= 0.6 is 0 Å². The summed E-state index contributed by atoms with van der Waals surface area (Å²) in [5.41, 5.74) is 1.20. The van der Waals surface area contributed by atoms with Crippen molar-refractivity contribution >= 4 is 86.0 Å². The van der Waals surface area contributed by atoms with Crippen molar-refractivity contribution in [3.63, 3.8) is 0 Å². The molecule has 4 aliphatic heterocycles. The molecule has 0 unspecified atom stereocenters. The van der Waals surface area contributed by atoms with Crippen LogP contribution in [0.3, 0.4) is 0 Å². The van der Waals surface area contributed by atoms with Crippen molar-refractivity contribution in [1.82, 2.24) is 17.1 Å². The Labute approximate surface area is 409 Å². The highest BCUT2D eigenvalue weighted by atomic mass is 32.2. The molecule has 0 atom stereocenters. The second-order valence-electron chi connectivity index (χ2n) is 17.3. The zero-order chi connectivity index (χ0) is 52.5. The molecule has 0 fully saturated rings. The monoisotopic (exact) mass is 1080 g/mol. The molecule has 2 aromatic heterocycles. The maximum absolute atomic E-state index is 14.8. The summed E-state index contributed by atoms with van der Waals surface area (Å²) in [6.07, 6.45) is -8.22. The number of alkyl halides is 8. The standard InChI is InChI=1S/C44H36F8N10O8S2Si/c1-21-7-11-25-29(15-21)35-53-33(25)56-40-32-18-24(68-20-44(51,52)42(47)48)10-14-28(32)38-58-36-30-17-23(67-19-43(49,50)41(45)46)9-13-26(30)34(54-36)55-39-31-16-22(2)8-12-27(31)37(57-35)61(39)73(62(38)40,69-71(63,64)59(3)4)70-72(65,66)60(5)6/h7-18,41-42H,19-20H2,1-6H3/b55-34-,55-39?,56-33?,56-40-,57-35-,57-37?,58-36?,58-38-. The van der Waals surface area contributed by atoms with E-state index in [4.69, 9.17) is 47.2 Å². The molecule has 10 rings (SSSR count). The van der Waals surface area contributed by atoms with Gasteiger partial charge in [0.05, 0.1) is 0 Å². The molecule has 4 aromatic carbocycles. The van der Waals surface area contributed by atoms with Gasteiger partial charge in [0.1, 0.15) is 34.1 Å². The molecule has 382 valence electrons. The average Bonchev–Trinajstić information content (AvgIpc) is 4.01. The molecule has 73 heavy (non-hydrogen) atoms. The van der Waals surface area contributed by atoms with Gasteiger partial charge in [0, 0.05) is 72.0 Å². The number of aromatic nitrogens is 2. The molecule has 0 saturated carbocycles. The molecular formula is C44H36F8N10O8S2Si. The summed E-state index contributed by atoms with van der Waals surface area (Å²) in [4.78, 5) is 29.4. The smallest absolute Gasteiger partial charge is 0.487 e. The SMILES string of the molecule is Cc1ccc2c(c1)/C1=N/c3c4ccc(C)cc4c4n3[Si](OS(=O)(=O)N(C)C)(OS(=O)(=O)N(C)C)n3/c(c5ccc(OCC(F)(F)C(F)F)cc5/c3=N/C2=N1)=N\C1=NC(=N\4)/c2ccc(OCC(F)(F)C(F)F)cc21. The number of ether oxygens (including phenoxy) is 2. The van der Waals surface area contributed by atoms with Gasteiger partial charge >= 0.3 is 54.2 Å². The lowest BCUT2D eigenvalue weighted by Gasteiger charge is -2.33. The van der Waals surface area contributed by atoms with Gasteiger partial charge in [-0.3, -0.25) is 8.47 Å². The van der Waals surface area contributed by atoms with Gasteiger partial charge in [0.25, 0.3) is 0 Å². The minimum absolute atomic E-state index is 0.0252. The first-order valence-corrected chi connectivity index (χ1v) is 25.9. The van der Waals surface area contributed by atoms with E-state index < -0.39 is 84.1 Å². The summed E-state index contributed by atoms with van der Waals surface area (Å²) in [7, 11) is -12.3. The molecule has 0 spiro atoms. The molecule has 6 aromatic rings. The van der Waals surface area contributed by atoms with Gasteiger partial charge in [-0.2, -0.15) is 43.0 Å². The van der Waals surface area contributed by atoms with Crippen LogP contribution in [0, 0.1) is 13.8 Å². The third-order valence-electron chi connectivity index (χ3n) is 11.8. The predicted octanol–water partition coefficient (Wildman–Crippen LogP) is 6.19. The molecule has 6 heterocycles. The van der Waals surface area contributed by atoms with E-state index in [2.05, 4.69) is 0 Å². The van der Waals surface area contributed by atoms with Crippen molar-refractivity contribution in [2.45, 2.75) is 38.5 Å². The molecule has 6 bridgehead atoms. The summed E-state index contributed by atoms with van der Waals surface area (Å²) in [6.45, 7) is -0.0605. The van der Waals surface area contributed by atoms with E-state index in [1.54, 1.807) is 50.2 Å². The molecular weight excluding hydrogens is 1040 g/mol. The van der Waals surface area contributed by atoms with Crippen LogP contribution in [0.5, 0.6) is 11.5 Å². The van der Waals surface area contributed by atoms with Gasteiger partial charge in [-0.1, -0.05) is 35.4 Å². The van der Waals surface area contributed by atoms with Crippen LogP contribution in [0.4, 0.5) is 46.8 Å². The Balaban J connectivity index is 1.46. The predicted molar refractivity (Wildman–Crippen MR) is 251 cm³/mol. The van der Waals surface area contributed by atoms with Crippen LogP contribution in [0.1, 0.15) is 33.4 Å². The third-order valence-corrected chi connectivity index (χ3v) is 19.0. The van der Waals surface area contributed by atoms with E-state index in [1.807, 2.05) is 0 Å². The van der Waals surface area contributed by atoms with Gasteiger partial charge < -0.3 is 9.47 Å². The molecule has 4 aliphatic rings. The van der Waals surface area contributed by atoms with Crippen molar-refractivity contribution < 1.29 is 69.2 Å². The molecule has 0 N–H and O–H groups in total. The third kappa shape index (κ3) is 8.30. The first kappa shape index (κ1) is 49.8. The maximum atomic E-state index is 14.8. The van der Waals surface area contributed by atoms with Gasteiger partial charge in [-0.05, 0) is 62.4 Å². The Morgan fingerprint density at radius 2 is 0.959 bits per heavy atom. The minimum atomic E-state index is -6.15. The van der Waals surface area contributed by atoms with E-state index in [1.165, 1.54) is 18.2 Å². The van der Waals surface area contributed by atoms with Crippen LogP contribution in [-0.4, -0.2) is 132 Å². The fraction of sp³-hybridized carbons (Fsp3) is 0.273. The van der Waals surface area contributed by atoms with E-state index in [0.29, 0.717) is 25.3 Å². The van der Waals surface area contributed by atoms with Crippen LogP contribution in [0.15, 0.2) is 103 Å². The summed E-state index contributed by atoms with van der Waals surface area (Å²) >= 11 is 0. The number of nitrogens with zero attached hydrogens (tertiary/aromatic N) is 10. The van der Waals surface area contributed by atoms with Crippen molar-refractivity contribution in [3.8, 4) is 11.5 Å². The van der Waals surface area contributed by atoms with E-state index >= 15 is 0 Å². The molecule has 0 saturated heterocycles. The van der Waals surface area contributed by atoms with Gasteiger partial charge in [0.15, 0.2) is 36.6 Å². The van der Waals surface area contributed by atoms with Gasteiger partial charge in [-0.15, -0.1) is 0 Å². The quantitative estimate of drug-likeness (QED) is 0.0909. The Hall–Kier alpha value is -6.76. The number of aliphatic imine (C=N–C) groups is 4. The highest BCUT2D eigenvalue weighted by molar-refractivity contribution is 7.87. The summed E-state index contributed by atoms with van der Waals surface area (Å²) < 4.78 is 196. The summed E-state index contributed by atoms with van der Waals surface area (Å²) in [6, 6.07) is 17.1. The molecule has 0 aliphatic carbocycles. The second-order valence-corrected chi connectivity index (χ2v) is 23.8. The number of amidine groups is 4. The molecule has 0 radical (unpaired) electrons. The topological polar surface area (TPSA) is 196 Å².